The molecule has 0 bridgehead atoms. The Labute approximate surface area is 170 Å². The van der Waals surface area contributed by atoms with Gasteiger partial charge in [0.05, 0.1) is 29.4 Å². The smallest absolute Gasteiger partial charge is 0.319 e. The lowest BCUT2D eigenvalue weighted by atomic mass is 9.74. The number of furan rings is 1. The van der Waals surface area contributed by atoms with Gasteiger partial charge < -0.3 is 20.2 Å². The Hall–Kier alpha value is -1.76. The number of aliphatic hydroxyl groups is 1. The van der Waals surface area contributed by atoms with Crippen molar-refractivity contribution < 1.29 is 14.3 Å². The molecule has 1 saturated carbocycles. The van der Waals surface area contributed by atoms with Gasteiger partial charge >= 0.3 is 6.03 Å². The van der Waals surface area contributed by atoms with E-state index in [1.165, 1.54) is 6.42 Å². The Morgan fingerprint density at radius 2 is 2.04 bits per heavy atom. The van der Waals surface area contributed by atoms with Crippen LogP contribution in [0.15, 0.2) is 16.5 Å². The Morgan fingerprint density at radius 3 is 2.75 bits per heavy atom. The van der Waals surface area contributed by atoms with Crippen molar-refractivity contribution in [3.8, 4) is 0 Å². The summed E-state index contributed by atoms with van der Waals surface area (Å²) in [4.78, 5) is 14.5. The number of hydrogen-bond donors (Lipinski definition) is 3. The van der Waals surface area contributed by atoms with Crippen LogP contribution in [0.4, 0.5) is 10.5 Å². The number of halogens is 1. The van der Waals surface area contributed by atoms with Crippen LogP contribution in [0.2, 0.25) is 5.02 Å². The summed E-state index contributed by atoms with van der Waals surface area (Å²) in [6.07, 6.45) is 6.13. The van der Waals surface area contributed by atoms with Crippen molar-refractivity contribution in [2.24, 2.45) is 0 Å². The molecule has 0 unspecified atom stereocenters. The number of anilines is 1. The van der Waals surface area contributed by atoms with Gasteiger partial charge in [-0.1, -0.05) is 37.8 Å². The summed E-state index contributed by atoms with van der Waals surface area (Å²) in [5.74, 6) is 0.851. The number of hydrogen-bond acceptors (Lipinski definition) is 4. The first-order valence-corrected chi connectivity index (χ1v) is 10.6. The van der Waals surface area contributed by atoms with Crippen molar-refractivity contribution in [2.75, 3.05) is 25.0 Å². The fourth-order valence-corrected chi connectivity index (χ4v) is 5.02. The summed E-state index contributed by atoms with van der Waals surface area (Å²) < 4.78 is 6.33. The molecule has 152 valence electrons. The summed E-state index contributed by atoms with van der Waals surface area (Å²) in [7, 11) is 0. The van der Waals surface area contributed by atoms with Crippen LogP contribution in [0.1, 0.15) is 56.8 Å². The number of urea groups is 1. The zero-order valence-corrected chi connectivity index (χ0v) is 17.1. The number of fused-ring (bicyclic) bond motifs is 4. The molecule has 28 heavy (non-hydrogen) atoms. The highest BCUT2D eigenvalue weighted by Crippen LogP contribution is 2.49. The first kappa shape index (κ1) is 19.6. The normalized spacial score (nSPS) is 18.4. The largest absolute Gasteiger partial charge is 0.459 e. The molecule has 1 fully saturated rings. The summed E-state index contributed by atoms with van der Waals surface area (Å²) in [6, 6.07) is 3.72. The molecule has 1 aromatic heterocycles. The fraction of sp³-hybridized carbons (Fsp3) is 0.571. The molecular formula is C21H28ClN3O3. The van der Waals surface area contributed by atoms with E-state index < -0.39 is 5.54 Å². The molecule has 2 aromatic rings. The molecular weight excluding hydrogens is 378 g/mol. The second kappa shape index (κ2) is 7.93. The predicted octanol–water partition coefficient (Wildman–Crippen LogP) is 4.59. The number of amides is 2. The van der Waals surface area contributed by atoms with Gasteiger partial charge in [0, 0.05) is 17.5 Å². The summed E-state index contributed by atoms with van der Waals surface area (Å²) in [5, 5.41) is 16.9. The molecule has 4 rings (SSSR count). The number of carbonyl (C=O) groups excluding carboxylic acids is 1. The molecule has 1 aromatic carbocycles. The van der Waals surface area contributed by atoms with Gasteiger partial charge in [0.25, 0.3) is 0 Å². The molecule has 2 amide bonds. The molecule has 1 aliphatic carbocycles. The zero-order valence-electron chi connectivity index (χ0n) is 16.3. The first-order chi connectivity index (χ1) is 13.6. The van der Waals surface area contributed by atoms with Crippen LogP contribution in [0.3, 0.4) is 0 Å². The number of carbonyl (C=O) groups is 1. The second-order valence-electron chi connectivity index (χ2n) is 7.96. The van der Waals surface area contributed by atoms with E-state index in [4.69, 9.17) is 16.0 Å². The standard InChI is InChI=1S/C21H28ClN3O3/c1-2-8-25(9-10-26)13-15-11-14-12-16(22)18-17(19(14)28-15)21(24-20(27)23-18)6-4-3-5-7-21/h11-12,26H,2-10,13H2,1H3,(H2,23,24,27). The molecule has 1 aliphatic heterocycles. The number of aliphatic hydroxyl groups excluding tert-OH is 1. The van der Waals surface area contributed by atoms with Crippen molar-refractivity contribution in [1.29, 1.82) is 0 Å². The van der Waals surface area contributed by atoms with E-state index in [9.17, 15) is 9.90 Å². The van der Waals surface area contributed by atoms with Crippen molar-refractivity contribution in [3.63, 3.8) is 0 Å². The van der Waals surface area contributed by atoms with Crippen LogP contribution in [0.5, 0.6) is 0 Å². The third-order valence-electron chi connectivity index (χ3n) is 5.92. The quantitative estimate of drug-likeness (QED) is 0.657. The van der Waals surface area contributed by atoms with E-state index >= 15 is 0 Å². The van der Waals surface area contributed by atoms with Crippen molar-refractivity contribution in [3.05, 3.63) is 28.5 Å². The highest BCUT2D eigenvalue weighted by atomic mass is 35.5. The predicted molar refractivity (Wildman–Crippen MR) is 111 cm³/mol. The van der Waals surface area contributed by atoms with Crippen LogP contribution in [0.25, 0.3) is 11.0 Å². The third-order valence-corrected chi connectivity index (χ3v) is 6.22. The van der Waals surface area contributed by atoms with Gasteiger partial charge in [0.1, 0.15) is 11.3 Å². The van der Waals surface area contributed by atoms with Crippen LogP contribution >= 0.6 is 11.6 Å². The topological polar surface area (TPSA) is 77.7 Å². The minimum atomic E-state index is -0.414. The average Bonchev–Trinajstić information content (AvgIpc) is 3.04. The van der Waals surface area contributed by atoms with Gasteiger partial charge in [-0.2, -0.15) is 0 Å². The Morgan fingerprint density at radius 1 is 1.25 bits per heavy atom. The molecule has 3 N–H and O–H groups in total. The average molecular weight is 406 g/mol. The summed E-state index contributed by atoms with van der Waals surface area (Å²) >= 11 is 6.58. The van der Waals surface area contributed by atoms with Gasteiger partial charge in [-0.25, -0.2) is 4.79 Å². The second-order valence-corrected chi connectivity index (χ2v) is 8.37. The number of rotatable bonds is 6. The Bertz CT molecular complexity index is 867. The number of benzene rings is 1. The molecule has 0 atom stereocenters. The van der Waals surface area contributed by atoms with E-state index in [0.717, 1.165) is 60.9 Å². The number of nitrogens with one attached hydrogen (secondary N) is 2. The van der Waals surface area contributed by atoms with Crippen molar-refractivity contribution in [1.82, 2.24) is 10.2 Å². The maximum Gasteiger partial charge on any atom is 0.319 e. The minimum Gasteiger partial charge on any atom is -0.459 e. The van der Waals surface area contributed by atoms with Crippen LogP contribution < -0.4 is 10.6 Å². The molecule has 0 saturated heterocycles. The lowest BCUT2D eigenvalue weighted by Gasteiger charge is -2.42. The molecule has 1 spiro atoms. The van der Waals surface area contributed by atoms with Crippen molar-refractivity contribution in [2.45, 2.75) is 57.5 Å². The van der Waals surface area contributed by atoms with Gasteiger partial charge in [0.15, 0.2) is 0 Å². The highest BCUT2D eigenvalue weighted by Gasteiger charge is 2.43. The fourth-order valence-electron chi connectivity index (χ4n) is 4.76. The monoisotopic (exact) mass is 405 g/mol. The van der Waals surface area contributed by atoms with Crippen LogP contribution in [-0.4, -0.2) is 35.7 Å². The van der Waals surface area contributed by atoms with E-state index in [1.54, 1.807) is 0 Å². The first-order valence-electron chi connectivity index (χ1n) is 10.2. The lowest BCUT2D eigenvalue weighted by molar-refractivity contribution is 0.181. The van der Waals surface area contributed by atoms with E-state index in [2.05, 4.69) is 22.5 Å². The maximum atomic E-state index is 12.3. The molecule has 0 radical (unpaired) electrons. The molecule has 2 aliphatic rings. The van der Waals surface area contributed by atoms with Gasteiger partial charge in [0.2, 0.25) is 0 Å². The Balaban J connectivity index is 1.79. The van der Waals surface area contributed by atoms with Gasteiger partial charge in [-0.3, -0.25) is 4.90 Å². The molecule has 7 heteroatoms. The summed E-state index contributed by atoms with van der Waals surface area (Å²) in [6.45, 7) is 4.41. The van der Waals surface area contributed by atoms with Crippen LogP contribution in [-0.2, 0) is 12.1 Å². The zero-order chi connectivity index (χ0) is 19.7. The van der Waals surface area contributed by atoms with Gasteiger partial charge in [-0.15, -0.1) is 0 Å². The minimum absolute atomic E-state index is 0.126. The van der Waals surface area contributed by atoms with E-state index in [-0.39, 0.29) is 12.6 Å². The summed E-state index contributed by atoms with van der Waals surface area (Å²) in [5.41, 5.74) is 2.07. The highest BCUT2D eigenvalue weighted by molar-refractivity contribution is 6.35. The molecule has 2 heterocycles. The van der Waals surface area contributed by atoms with Crippen LogP contribution in [0, 0.1) is 0 Å². The third kappa shape index (κ3) is 3.49. The SMILES string of the molecule is CCCN(CCO)Cc1cc2cc(Cl)c3c(c2o1)C1(CCCCC1)NC(=O)N3. The number of nitrogens with zero attached hydrogens (tertiary/aromatic N) is 1. The Kier molecular flexibility index (Phi) is 5.54. The van der Waals surface area contributed by atoms with Crippen molar-refractivity contribution >= 4 is 34.3 Å². The lowest BCUT2D eigenvalue weighted by Crippen LogP contribution is -2.52. The van der Waals surface area contributed by atoms with E-state index in [0.29, 0.717) is 23.8 Å². The van der Waals surface area contributed by atoms with E-state index in [1.807, 2.05) is 12.1 Å². The van der Waals surface area contributed by atoms with Gasteiger partial charge in [-0.05, 0) is 37.9 Å². The molecule has 6 nitrogen and oxygen atoms in total. The maximum absolute atomic E-state index is 12.3.